The Bertz CT molecular complexity index is 393. The van der Waals surface area contributed by atoms with E-state index in [-0.39, 0.29) is 0 Å². The fourth-order valence-corrected chi connectivity index (χ4v) is 4.93. The standard InChI is InChI=1S/C21H40ClNO4S/c1-2-3-4-5-6-7-8-9-10-11-12-13-14-15-16-17-18-23-19-20-28-21(23)27-22(24,25)26/h19-21H,2-18H2,1H3. The molecule has 0 N–H and O–H groups in total. The number of nitrogens with zero attached hydrogens (tertiary/aromatic N) is 1. The molecule has 0 spiro atoms. The molecule has 166 valence electrons. The van der Waals surface area contributed by atoms with E-state index < -0.39 is 15.8 Å². The van der Waals surface area contributed by atoms with Gasteiger partial charge in [0.1, 0.15) is 4.29 Å². The van der Waals surface area contributed by atoms with E-state index in [1.54, 1.807) is 16.5 Å². The van der Waals surface area contributed by atoms with Gasteiger partial charge < -0.3 is 4.90 Å². The molecule has 0 saturated carbocycles. The summed E-state index contributed by atoms with van der Waals surface area (Å²) < 4.78 is 36.6. The van der Waals surface area contributed by atoms with Gasteiger partial charge in [-0.2, -0.15) is 14.0 Å². The molecule has 1 atom stereocenters. The predicted molar refractivity (Wildman–Crippen MR) is 108 cm³/mol. The molecule has 0 aromatic heterocycles. The maximum Gasteiger partial charge on any atom is 0.338 e. The molecule has 0 bridgehead atoms. The summed E-state index contributed by atoms with van der Waals surface area (Å²) in [6.45, 7) is 2.99. The van der Waals surface area contributed by atoms with Crippen LogP contribution < -0.4 is 14.0 Å². The zero-order valence-corrected chi connectivity index (χ0v) is 19.2. The molecule has 0 fully saturated rings. The van der Waals surface area contributed by atoms with Gasteiger partial charge in [-0.3, -0.25) is 0 Å². The van der Waals surface area contributed by atoms with Gasteiger partial charge in [-0.25, -0.2) is 0 Å². The van der Waals surface area contributed by atoms with Crippen molar-refractivity contribution in [3.8, 4) is 0 Å². The van der Waals surface area contributed by atoms with Gasteiger partial charge >= 0.3 is 5.56 Å². The smallest absolute Gasteiger partial charge is 0.330 e. The Morgan fingerprint density at radius 3 is 1.61 bits per heavy atom. The van der Waals surface area contributed by atoms with Gasteiger partial charge in [-0.1, -0.05) is 115 Å². The van der Waals surface area contributed by atoms with Crippen LogP contribution in [0.5, 0.6) is 0 Å². The Hall–Kier alpha value is 0.0200. The Labute approximate surface area is 178 Å². The first-order valence-corrected chi connectivity index (χ1v) is 13.4. The van der Waals surface area contributed by atoms with Gasteiger partial charge in [0.05, 0.1) is 10.2 Å². The Morgan fingerprint density at radius 1 is 0.750 bits per heavy atom. The lowest BCUT2D eigenvalue weighted by Gasteiger charge is -2.22. The van der Waals surface area contributed by atoms with Crippen LogP contribution in [0.15, 0.2) is 11.6 Å². The quantitative estimate of drug-likeness (QED) is 0.284. The second-order valence-electron chi connectivity index (χ2n) is 7.74. The number of thioether (sulfide) groups is 1. The number of halogens is 1. The van der Waals surface area contributed by atoms with E-state index in [0.29, 0.717) is 0 Å². The molecule has 0 amide bonds. The van der Waals surface area contributed by atoms with Crippen LogP contribution in [-0.4, -0.2) is 17.0 Å². The van der Waals surface area contributed by atoms with Crippen molar-refractivity contribution < 1.29 is 28.5 Å². The molecule has 1 rings (SSSR count). The molecule has 0 radical (unpaired) electrons. The second-order valence-corrected chi connectivity index (χ2v) is 9.62. The number of hydrogen-bond donors (Lipinski definition) is 0. The van der Waals surface area contributed by atoms with E-state index in [9.17, 15) is 14.0 Å². The minimum Gasteiger partial charge on any atom is -0.330 e. The van der Waals surface area contributed by atoms with Gasteiger partial charge in [0, 0.05) is 12.7 Å². The fraction of sp³-hybridized carbons (Fsp3) is 0.905. The lowest BCUT2D eigenvalue weighted by molar-refractivity contribution is -1.92. The zero-order chi connectivity index (χ0) is 20.5. The first-order valence-electron chi connectivity index (χ1n) is 11.2. The van der Waals surface area contributed by atoms with Crippen LogP contribution in [0, 0.1) is 10.2 Å². The number of rotatable bonds is 19. The molecule has 1 aliphatic rings. The molecule has 1 heterocycles. The Kier molecular flexibility index (Phi) is 15.6. The van der Waals surface area contributed by atoms with Crippen LogP contribution in [-0.2, 0) is 4.29 Å². The highest BCUT2D eigenvalue weighted by atomic mass is 35.7. The van der Waals surface area contributed by atoms with Crippen molar-refractivity contribution in [1.82, 2.24) is 4.90 Å². The highest BCUT2D eigenvalue weighted by Gasteiger charge is 2.35. The Morgan fingerprint density at radius 2 is 1.18 bits per heavy atom. The van der Waals surface area contributed by atoms with Crippen molar-refractivity contribution in [2.24, 2.45) is 0 Å². The molecular formula is C21H40ClNO4S. The summed E-state index contributed by atoms with van der Waals surface area (Å²) in [4.78, 5) is 1.77. The van der Waals surface area contributed by atoms with Crippen LogP contribution in [0.1, 0.15) is 110 Å². The SMILES string of the molecule is CCCCCCCCCCCCCCCCCCN1C=CSC1O[Cl+3]([O-])([O-])[O-]. The van der Waals surface area contributed by atoms with Gasteiger partial charge in [-0.05, 0) is 11.8 Å². The molecule has 7 heteroatoms. The molecule has 28 heavy (non-hydrogen) atoms. The minimum absolute atomic E-state index is 0.720. The number of unbranched alkanes of at least 4 members (excludes halogenated alkanes) is 15. The van der Waals surface area contributed by atoms with Crippen molar-refractivity contribution in [3.63, 3.8) is 0 Å². The highest BCUT2D eigenvalue weighted by molar-refractivity contribution is 8.02. The molecule has 0 aliphatic carbocycles. The first-order chi connectivity index (χ1) is 13.5. The van der Waals surface area contributed by atoms with Crippen LogP contribution >= 0.6 is 11.8 Å². The summed E-state index contributed by atoms with van der Waals surface area (Å²) in [6, 6.07) is 0. The minimum atomic E-state index is -4.38. The van der Waals surface area contributed by atoms with Crippen molar-refractivity contribution in [3.05, 3.63) is 11.6 Å². The summed E-state index contributed by atoms with van der Waals surface area (Å²) in [5, 5.41) is 1.76. The first kappa shape index (κ1) is 26.1. The fourth-order valence-electron chi connectivity index (χ4n) is 3.52. The van der Waals surface area contributed by atoms with Gasteiger partial charge in [0.25, 0.3) is 0 Å². The van der Waals surface area contributed by atoms with E-state index in [1.807, 2.05) is 0 Å². The van der Waals surface area contributed by atoms with E-state index in [4.69, 9.17) is 0 Å². The summed E-state index contributed by atoms with van der Waals surface area (Å²) in [5.74, 6) is 0. The van der Waals surface area contributed by atoms with Crippen molar-refractivity contribution in [2.45, 2.75) is 115 Å². The van der Waals surface area contributed by atoms with Gasteiger partial charge in [0.2, 0.25) is 0 Å². The van der Waals surface area contributed by atoms with Crippen molar-refractivity contribution in [2.75, 3.05) is 6.54 Å². The van der Waals surface area contributed by atoms with Crippen LogP contribution in [0.25, 0.3) is 0 Å². The molecule has 1 aliphatic heterocycles. The Balaban J connectivity index is 1.81. The molecule has 0 aromatic carbocycles. The third-order valence-corrected chi connectivity index (χ3v) is 6.54. The van der Waals surface area contributed by atoms with Crippen molar-refractivity contribution in [1.29, 1.82) is 0 Å². The van der Waals surface area contributed by atoms with Crippen LogP contribution in [0.2, 0.25) is 0 Å². The molecule has 0 saturated heterocycles. The van der Waals surface area contributed by atoms with E-state index >= 15 is 0 Å². The topological polar surface area (TPSA) is 81.7 Å². The molecule has 0 aromatic rings. The molecular weight excluding hydrogens is 398 g/mol. The average molecular weight is 438 g/mol. The third kappa shape index (κ3) is 14.9. The maximum absolute atomic E-state index is 10.7. The predicted octanol–water partition coefficient (Wildman–Crippen LogP) is 3.97. The van der Waals surface area contributed by atoms with Crippen LogP contribution in [0.3, 0.4) is 0 Å². The van der Waals surface area contributed by atoms with Crippen LogP contribution in [0.4, 0.5) is 0 Å². The zero-order valence-electron chi connectivity index (χ0n) is 17.6. The third-order valence-electron chi connectivity index (χ3n) is 5.17. The normalized spacial score (nSPS) is 17.0. The highest BCUT2D eigenvalue weighted by Crippen LogP contribution is 2.28. The maximum atomic E-state index is 10.7. The lowest BCUT2D eigenvalue weighted by Crippen LogP contribution is -2.62. The van der Waals surface area contributed by atoms with E-state index in [0.717, 1.165) is 19.4 Å². The molecule has 1 unspecified atom stereocenters. The van der Waals surface area contributed by atoms with Gasteiger partial charge in [0.15, 0.2) is 0 Å². The molecule has 5 nitrogen and oxygen atoms in total. The summed E-state index contributed by atoms with van der Waals surface area (Å²) in [7, 11) is -4.38. The largest absolute Gasteiger partial charge is 0.338 e. The number of hydrogen-bond acceptors (Lipinski definition) is 6. The van der Waals surface area contributed by atoms with E-state index in [1.165, 1.54) is 102 Å². The second kappa shape index (κ2) is 16.8. The average Bonchev–Trinajstić information content (AvgIpc) is 3.06. The summed E-state index contributed by atoms with van der Waals surface area (Å²) in [6.07, 6.45) is 23.0. The lowest BCUT2D eigenvalue weighted by atomic mass is 10.0. The monoisotopic (exact) mass is 437 g/mol. The van der Waals surface area contributed by atoms with Crippen molar-refractivity contribution >= 4 is 11.8 Å². The van der Waals surface area contributed by atoms with E-state index in [2.05, 4.69) is 11.2 Å². The van der Waals surface area contributed by atoms with Gasteiger partial charge in [-0.15, -0.1) is 0 Å². The summed E-state index contributed by atoms with van der Waals surface area (Å²) in [5.41, 5.74) is -0.736. The summed E-state index contributed by atoms with van der Waals surface area (Å²) >= 11 is 1.20.